The zero-order chi connectivity index (χ0) is 39.8. The summed E-state index contributed by atoms with van der Waals surface area (Å²) >= 11 is 0. The van der Waals surface area contributed by atoms with Crippen molar-refractivity contribution in [2.24, 2.45) is 0 Å². The molecule has 0 aromatic heterocycles. The highest BCUT2D eigenvalue weighted by atomic mass is 15.1. The Balaban J connectivity index is 1.07. The molecule has 2 heteroatoms. The predicted molar refractivity (Wildman–Crippen MR) is 251 cm³/mol. The molecular formula is C56H48N2. The molecule has 0 bridgehead atoms. The molecule has 8 aromatic carbocycles. The van der Waals surface area contributed by atoms with Gasteiger partial charge in [0.05, 0.1) is 0 Å². The summed E-state index contributed by atoms with van der Waals surface area (Å²) in [5, 5.41) is 0. The second-order valence-corrected chi connectivity index (χ2v) is 15.0. The summed E-state index contributed by atoms with van der Waals surface area (Å²) in [6.45, 7) is 8.65. The topological polar surface area (TPSA) is 6.48 Å². The Kier molecular flexibility index (Phi) is 11.3. The van der Waals surface area contributed by atoms with Crippen molar-refractivity contribution in [2.45, 2.75) is 27.7 Å². The third-order valence-electron chi connectivity index (χ3n) is 10.7. The Hall–Kier alpha value is -7.16. The van der Waals surface area contributed by atoms with Gasteiger partial charge in [-0.2, -0.15) is 0 Å². The summed E-state index contributed by atoms with van der Waals surface area (Å²) in [6.07, 6.45) is 8.75. The molecule has 282 valence electrons. The van der Waals surface area contributed by atoms with Gasteiger partial charge in [-0.25, -0.2) is 0 Å². The summed E-state index contributed by atoms with van der Waals surface area (Å²) < 4.78 is 0. The van der Waals surface area contributed by atoms with Gasteiger partial charge >= 0.3 is 0 Å². The fraction of sp³-hybridized carbons (Fsp3) is 0.0714. The lowest BCUT2D eigenvalue weighted by Crippen LogP contribution is -2.10. The standard InChI is InChI=1S/C56H48N2/c1-41-15-29-51(30-16-41)57(55-37-23-47(43(3)39-55)21-19-45-11-7-5-8-12-45)53-33-25-49(26-34-53)50-27-35-54(36-28-50)58(52-31-17-42(2)18-32-52)56-38-24-48(44(4)40-56)22-20-46-13-9-6-10-14-46/h5-40H,1-4H3/b21-19+,22-20+. The van der Waals surface area contributed by atoms with Crippen molar-refractivity contribution >= 4 is 58.4 Å². The quantitative estimate of drug-likeness (QED) is 0.122. The van der Waals surface area contributed by atoms with Gasteiger partial charge in [0.2, 0.25) is 0 Å². The van der Waals surface area contributed by atoms with Crippen molar-refractivity contribution in [3.63, 3.8) is 0 Å². The number of benzene rings is 8. The Labute approximate surface area is 344 Å². The van der Waals surface area contributed by atoms with E-state index < -0.39 is 0 Å². The van der Waals surface area contributed by atoms with E-state index in [2.05, 4.69) is 244 Å². The van der Waals surface area contributed by atoms with Crippen LogP contribution in [0.15, 0.2) is 194 Å². The molecule has 0 aliphatic heterocycles. The Morgan fingerprint density at radius 3 is 0.931 bits per heavy atom. The summed E-state index contributed by atoms with van der Waals surface area (Å²) in [6, 6.07) is 69.8. The van der Waals surface area contributed by atoms with Crippen LogP contribution in [-0.2, 0) is 0 Å². The van der Waals surface area contributed by atoms with Crippen LogP contribution in [-0.4, -0.2) is 0 Å². The summed E-state index contributed by atoms with van der Waals surface area (Å²) in [5.41, 5.74) is 18.8. The van der Waals surface area contributed by atoms with E-state index in [1.54, 1.807) is 0 Å². The van der Waals surface area contributed by atoms with Gasteiger partial charge in [-0.3, -0.25) is 0 Å². The fourth-order valence-corrected chi connectivity index (χ4v) is 7.36. The van der Waals surface area contributed by atoms with Gasteiger partial charge < -0.3 is 9.80 Å². The lowest BCUT2D eigenvalue weighted by Gasteiger charge is -2.27. The maximum Gasteiger partial charge on any atom is 0.0464 e. The molecule has 2 nitrogen and oxygen atoms in total. The van der Waals surface area contributed by atoms with Gasteiger partial charge in [0, 0.05) is 34.1 Å². The first kappa shape index (κ1) is 37.7. The number of aryl methyl sites for hydroxylation is 4. The van der Waals surface area contributed by atoms with E-state index in [4.69, 9.17) is 0 Å². The van der Waals surface area contributed by atoms with E-state index in [1.165, 1.54) is 55.6 Å². The highest BCUT2D eigenvalue weighted by Gasteiger charge is 2.16. The maximum absolute atomic E-state index is 2.34. The van der Waals surface area contributed by atoms with Crippen LogP contribution in [0.4, 0.5) is 34.1 Å². The minimum atomic E-state index is 1.11. The van der Waals surface area contributed by atoms with Crippen LogP contribution in [0.1, 0.15) is 44.5 Å². The first-order valence-corrected chi connectivity index (χ1v) is 20.0. The zero-order valence-corrected chi connectivity index (χ0v) is 33.7. The Morgan fingerprint density at radius 1 is 0.293 bits per heavy atom. The largest absolute Gasteiger partial charge is 0.310 e. The van der Waals surface area contributed by atoms with E-state index >= 15 is 0 Å². The molecular weight excluding hydrogens is 701 g/mol. The molecule has 58 heavy (non-hydrogen) atoms. The monoisotopic (exact) mass is 748 g/mol. The Bertz CT molecular complexity index is 2460. The molecule has 0 saturated carbocycles. The lowest BCUT2D eigenvalue weighted by molar-refractivity contribution is 1.26. The Morgan fingerprint density at radius 2 is 0.603 bits per heavy atom. The molecule has 0 fully saturated rings. The molecule has 0 radical (unpaired) electrons. The summed E-state index contributed by atoms with van der Waals surface area (Å²) in [4.78, 5) is 4.68. The first-order valence-electron chi connectivity index (χ1n) is 20.0. The molecule has 0 amide bonds. The average Bonchev–Trinajstić information content (AvgIpc) is 3.26. The third-order valence-corrected chi connectivity index (χ3v) is 10.7. The summed E-state index contributed by atoms with van der Waals surface area (Å²) in [7, 11) is 0. The van der Waals surface area contributed by atoms with Gasteiger partial charge in [-0.1, -0.05) is 157 Å². The van der Waals surface area contributed by atoms with Crippen LogP contribution in [0, 0.1) is 27.7 Å². The molecule has 0 aliphatic carbocycles. The molecule has 8 rings (SSSR count). The smallest absolute Gasteiger partial charge is 0.0464 e. The number of hydrogen-bond acceptors (Lipinski definition) is 2. The van der Waals surface area contributed by atoms with Gasteiger partial charge in [-0.15, -0.1) is 0 Å². The van der Waals surface area contributed by atoms with E-state index in [1.807, 2.05) is 12.1 Å². The van der Waals surface area contributed by atoms with Gasteiger partial charge in [-0.05, 0) is 145 Å². The molecule has 8 aromatic rings. The fourth-order valence-electron chi connectivity index (χ4n) is 7.36. The molecule has 0 N–H and O–H groups in total. The van der Waals surface area contributed by atoms with E-state index in [9.17, 15) is 0 Å². The van der Waals surface area contributed by atoms with Crippen LogP contribution in [0.2, 0.25) is 0 Å². The molecule has 0 atom stereocenters. The number of hydrogen-bond donors (Lipinski definition) is 0. The minimum Gasteiger partial charge on any atom is -0.310 e. The van der Waals surface area contributed by atoms with E-state index in [0.717, 1.165) is 34.1 Å². The van der Waals surface area contributed by atoms with Crippen molar-refractivity contribution < 1.29 is 0 Å². The van der Waals surface area contributed by atoms with Crippen molar-refractivity contribution in [2.75, 3.05) is 9.80 Å². The molecule has 0 aliphatic rings. The second kappa shape index (κ2) is 17.3. The van der Waals surface area contributed by atoms with Crippen LogP contribution in [0.5, 0.6) is 0 Å². The van der Waals surface area contributed by atoms with Crippen molar-refractivity contribution in [1.82, 2.24) is 0 Å². The second-order valence-electron chi connectivity index (χ2n) is 15.0. The van der Waals surface area contributed by atoms with E-state index in [-0.39, 0.29) is 0 Å². The average molecular weight is 749 g/mol. The van der Waals surface area contributed by atoms with Crippen molar-refractivity contribution in [3.8, 4) is 11.1 Å². The highest BCUT2D eigenvalue weighted by molar-refractivity contribution is 5.83. The lowest BCUT2D eigenvalue weighted by atomic mass is 10.0. The van der Waals surface area contributed by atoms with Gasteiger partial charge in [0.15, 0.2) is 0 Å². The predicted octanol–water partition coefficient (Wildman–Crippen LogP) is 15.9. The van der Waals surface area contributed by atoms with E-state index in [0.29, 0.717) is 0 Å². The van der Waals surface area contributed by atoms with Crippen LogP contribution in [0.25, 0.3) is 35.4 Å². The first-order chi connectivity index (χ1) is 28.4. The van der Waals surface area contributed by atoms with Crippen molar-refractivity contribution in [1.29, 1.82) is 0 Å². The summed E-state index contributed by atoms with van der Waals surface area (Å²) in [5.74, 6) is 0. The zero-order valence-electron chi connectivity index (χ0n) is 33.7. The third kappa shape index (κ3) is 8.78. The number of anilines is 6. The number of rotatable bonds is 11. The van der Waals surface area contributed by atoms with Crippen LogP contribution >= 0.6 is 0 Å². The molecule has 0 spiro atoms. The van der Waals surface area contributed by atoms with Crippen LogP contribution < -0.4 is 9.80 Å². The van der Waals surface area contributed by atoms with Gasteiger partial charge in [0.1, 0.15) is 0 Å². The van der Waals surface area contributed by atoms with Gasteiger partial charge in [0.25, 0.3) is 0 Å². The van der Waals surface area contributed by atoms with Crippen molar-refractivity contribution in [3.05, 3.63) is 239 Å². The molecule has 0 heterocycles. The normalized spacial score (nSPS) is 11.3. The highest BCUT2D eigenvalue weighted by Crippen LogP contribution is 2.39. The van der Waals surface area contributed by atoms with Crippen LogP contribution in [0.3, 0.4) is 0 Å². The SMILES string of the molecule is Cc1ccc(N(c2ccc(-c3ccc(N(c4ccc(C)cc4)c4ccc(/C=C/c5ccccc5)c(C)c4)cc3)cc2)c2ccc(/C=C/c3ccccc3)c(C)c2)cc1. The number of nitrogens with zero attached hydrogens (tertiary/aromatic N) is 2. The minimum absolute atomic E-state index is 1.11. The molecule has 0 saturated heterocycles. The maximum atomic E-state index is 2.34. The molecule has 0 unspecified atom stereocenters.